The lowest BCUT2D eigenvalue weighted by molar-refractivity contribution is 0.0679. The van der Waals surface area contributed by atoms with Crippen LogP contribution in [-0.4, -0.2) is 38.4 Å². The first-order valence-electron chi connectivity index (χ1n) is 8.49. The van der Waals surface area contributed by atoms with Crippen LogP contribution in [0.2, 0.25) is 0 Å². The zero-order valence-corrected chi connectivity index (χ0v) is 14.1. The SMILES string of the molecule is Cc1[nH]c2ccc(C(=O)N3CCCC(n4ccnc4)C3)cc2c1C. The Bertz CT molecular complexity index is 878. The Labute approximate surface area is 141 Å². The highest BCUT2D eigenvalue weighted by atomic mass is 16.2. The maximum absolute atomic E-state index is 13.0. The van der Waals surface area contributed by atoms with Crippen molar-refractivity contribution in [2.75, 3.05) is 13.1 Å². The van der Waals surface area contributed by atoms with Crippen LogP contribution < -0.4 is 0 Å². The number of rotatable bonds is 2. The van der Waals surface area contributed by atoms with Crippen molar-refractivity contribution in [2.45, 2.75) is 32.7 Å². The predicted molar refractivity (Wildman–Crippen MR) is 94.2 cm³/mol. The zero-order chi connectivity index (χ0) is 16.7. The van der Waals surface area contributed by atoms with Gasteiger partial charge in [-0.25, -0.2) is 4.98 Å². The van der Waals surface area contributed by atoms with Crippen molar-refractivity contribution in [3.05, 3.63) is 53.7 Å². The second-order valence-corrected chi connectivity index (χ2v) is 6.69. The van der Waals surface area contributed by atoms with Crippen molar-refractivity contribution in [1.82, 2.24) is 19.4 Å². The van der Waals surface area contributed by atoms with Gasteiger partial charge >= 0.3 is 0 Å². The highest BCUT2D eigenvalue weighted by molar-refractivity contribution is 5.99. The van der Waals surface area contributed by atoms with E-state index in [1.165, 1.54) is 5.56 Å². The molecule has 3 aromatic rings. The summed E-state index contributed by atoms with van der Waals surface area (Å²) in [7, 11) is 0. The summed E-state index contributed by atoms with van der Waals surface area (Å²) in [5.74, 6) is 0.125. The third-order valence-electron chi connectivity index (χ3n) is 5.19. The molecule has 1 aliphatic heterocycles. The molecule has 3 heterocycles. The molecule has 1 aliphatic rings. The van der Waals surface area contributed by atoms with Gasteiger partial charge in [-0.15, -0.1) is 0 Å². The number of imidazole rings is 1. The standard InChI is InChI=1S/C19H22N4O/c1-13-14(2)21-18-6-5-15(10-17(13)18)19(24)22-8-3-4-16(11-22)23-9-7-20-12-23/h5-7,9-10,12,16,21H,3-4,8,11H2,1-2H3. The normalized spacial score (nSPS) is 18.2. The van der Waals surface area contributed by atoms with Crippen LogP contribution >= 0.6 is 0 Å². The highest BCUT2D eigenvalue weighted by Crippen LogP contribution is 2.26. The quantitative estimate of drug-likeness (QED) is 0.785. The molecule has 4 rings (SSSR count). The number of aromatic amines is 1. The summed E-state index contributed by atoms with van der Waals surface area (Å²) >= 11 is 0. The Hall–Kier alpha value is -2.56. The Balaban J connectivity index is 1.59. The van der Waals surface area contributed by atoms with Crippen molar-refractivity contribution in [1.29, 1.82) is 0 Å². The number of likely N-dealkylation sites (tertiary alicyclic amines) is 1. The average molecular weight is 322 g/mol. The van der Waals surface area contributed by atoms with E-state index in [2.05, 4.69) is 28.4 Å². The monoisotopic (exact) mass is 322 g/mol. The van der Waals surface area contributed by atoms with Gasteiger partial charge in [-0.05, 0) is 50.5 Å². The predicted octanol–water partition coefficient (Wildman–Crippen LogP) is 3.46. The van der Waals surface area contributed by atoms with Crippen LogP contribution in [0.5, 0.6) is 0 Å². The molecule has 1 amide bonds. The molecule has 1 N–H and O–H groups in total. The van der Waals surface area contributed by atoms with Gasteiger partial charge in [0.25, 0.3) is 5.91 Å². The number of hydrogen-bond donors (Lipinski definition) is 1. The molecule has 1 unspecified atom stereocenters. The lowest BCUT2D eigenvalue weighted by Crippen LogP contribution is -2.40. The third-order valence-corrected chi connectivity index (χ3v) is 5.19. The summed E-state index contributed by atoms with van der Waals surface area (Å²) in [5, 5.41) is 1.14. The summed E-state index contributed by atoms with van der Waals surface area (Å²) < 4.78 is 2.11. The number of fused-ring (bicyclic) bond motifs is 1. The summed E-state index contributed by atoms with van der Waals surface area (Å²) in [6.45, 7) is 5.74. The number of carbonyl (C=O) groups excluding carboxylic acids is 1. The Morgan fingerprint density at radius 3 is 3.00 bits per heavy atom. The van der Waals surface area contributed by atoms with E-state index < -0.39 is 0 Å². The van der Waals surface area contributed by atoms with Crippen molar-refractivity contribution in [3.8, 4) is 0 Å². The second-order valence-electron chi connectivity index (χ2n) is 6.69. The fourth-order valence-corrected chi connectivity index (χ4v) is 3.64. The smallest absolute Gasteiger partial charge is 0.253 e. The van der Waals surface area contributed by atoms with Crippen LogP contribution in [0.4, 0.5) is 0 Å². The largest absolute Gasteiger partial charge is 0.358 e. The van der Waals surface area contributed by atoms with E-state index in [1.54, 1.807) is 6.20 Å². The van der Waals surface area contributed by atoms with E-state index >= 15 is 0 Å². The molecule has 0 radical (unpaired) electrons. The van der Waals surface area contributed by atoms with Gasteiger partial charge in [0.2, 0.25) is 0 Å². The molecule has 124 valence electrons. The van der Waals surface area contributed by atoms with Gasteiger partial charge in [0.1, 0.15) is 0 Å². The molecule has 5 heteroatoms. The van der Waals surface area contributed by atoms with Crippen LogP contribution in [0.3, 0.4) is 0 Å². The molecule has 2 aromatic heterocycles. The molecule has 1 fully saturated rings. The number of hydrogen-bond acceptors (Lipinski definition) is 2. The lowest BCUT2D eigenvalue weighted by atomic mass is 10.0. The molecule has 1 aromatic carbocycles. The van der Waals surface area contributed by atoms with Gasteiger partial charge < -0.3 is 14.5 Å². The van der Waals surface area contributed by atoms with Gasteiger partial charge in [-0.1, -0.05) is 0 Å². The molecule has 1 atom stereocenters. The summed E-state index contributed by atoms with van der Waals surface area (Å²) in [4.78, 5) is 22.4. The van der Waals surface area contributed by atoms with Crippen LogP contribution in [0.15, 0.2) is 36.9 Å². The fourth-order valence-electron chi connectivity index (χ4n) is 3.64. The van der Waals surface area contributed by atoms with Crippen molar-refractivity contribution < 1.29 is 4.79 Å². The number of benzene rings is 1. The topological polar surface area (TPSA) is 53.9 Å². The molecular weight excluding hydrogens is 300 g/mol. The maximum Gasteiger partial charge on any atom is 0.253 e. The first-order chi connectivity index (χ1) is 11.6. The highest BCUT2D eigenvalue weighted by Gasteiger charge is 2.25. The minimum Gasteiger partial charge on any atom is -0.358 e. The Kier molecular flexibility index (Phi) is 3.63. The van der Waals surface area contributed by atoms with E-state index in [-0.39, 0.29) is 5.91 Å². The zero-order valence-electron chi connectivity index (χ0n) is 14.1. The molecule has 1 saturated heterocycles. The first kappa shape index (κ1) is 15.0. The number of aromatic nitrogens is 3. The molecule has 0 bridgehead atoms. The van der Waals surface area contributed by atoms with Crippen LogP contribution in [0, 0.1) is 13.8 Å². The van der Waals surface area contributed by atoms with Gasteiger partial charge in [0.05, 0.1) is 12.4 Å². The lowest BCUT2D eigenvalue weighted by Gasteiger charge is -2.33. The fraction of sp³-hybridized carbons (Fsp3) is 0.368. The molecule has 0 saturated carbocycles. The molecule has 0 spiro atoms. The number of aryl methyl sites for hydroxylation is 2. The van der Waals surface area contributed by atoms with E-state index in [1.807, 2.05) is 35.6 Å². The van der Waals surface area contributed by atoms with Crippen molar-refractivity contribution in [2.24, 2.45) is 0 Å². The molecule has 5 nitrogen and oxygen atoms in total. The van der Waals surface area contributed by atoms with E-state index in [9.17, 15) is 4.79 Å². The third kappa shape index (κ3) is 2.50. The maximum atomic E-state index is 13.0. The number of carbonyl (C=O) groups is 1. The first-order valence-corrected chi connectivity index (χ1v) is 8.49. The van der Waals surface area contributed by atoms with Crippen molar-refractivity contribution >= 4 is 16.8 Å². The number of amides is 1. The van der Waals surface area contributed by atoms with Gasteiger partial charge in [-0.3, -0.25) is 4.79 Å². The second kappa shape index (κ2) is 5.82. The number of nitrogens with one attached hydrogen (secondary N) is 1. The van der Waals surface area contributed by atoms with E-state index in [4.69, 9.17) is 0 Å². The van der Waals surface area contributed by atoms with Crippen LogP contribution in [0.25, 0.3) is 10.9 Å². The Morgan fingerprint density at radius 1 is 1.33 bits per heavy atom. The van der Waals surface area contributed by atoms with Gasteiger partial charge in [0.15, 0.2) is 0 Å². The van der Waals surface area contributed by atoms with Gasteiger partial charge in [-0.2, -0.15) is 0 Å². The molecule has 24 heavy (non-hydrogen) atoms. The Morgan fingerprint density at radius 2 is 2.21 bits per heavy atom. The summed E-state index contributed by atoms with van der Waals surface area (Å²) in [5.41, 5.74) is 4.25. The number of piperidine rings is 1. The molecule has 0 aliphatic carbocycles. The summed E-state index contributed by atoms with van der Waals surface area (Å²) in [6, 6.07) is 6.29. The summed E-state index contributed by atoms with van der Waals surface area (Å²) in [6.07, 6.45) is 7.74. The minimum absolute atomic E-state index is 0.125. The average Bonchev–Trinajstić information content (AvgIpc) is 3.24. The number of H-pyrrole nitrogens is 1. The van der Waals surface area contributed by atoms with E-state index in [0.29, 0.717) is 6.04 Å². The van der Waals surface area contributed by atoms with Gasteiger partial charge in [0, 0.05) is 47.6 Å². The van der Waals surface area contributed by atoms with E-state index in [0.717, 1.165) is 48.1 Å². The van der Waals surface area contributed by atoms with Crippen LogP contribution in [-0.2, 0) is 0 Å². The molecular formula is C19H22N4O. The minimum atomic E-state index is 0.125. The van der Waals surface area contributed by atoms with Crippen LogP contribution in [0.1, 0.15) is 40.5 Å². The van der Waals surface area contributed by atoms with Crippen molar-refractivity contribution in [3.63, 3.8) is 0 Å². The number of nitrogens with zero attached hydrogens (tertiary/aromatic N) is 3.